The van der Waals surface area contributed by atoms with Crippen LogP contribution in [0.1, 0.15) is 54.9 Å². The van der Waals surface area contributed by atoms with E-state index < -0.39 is 6.04 Å². The first-order chi connectivity index (χ1) is 13.9. The molecule has 1 atom stereocenters. The van der Waals surface area contributed by atoms with E-state index in [0.29, 0.717) is 13.0 Å². The molecule has 0 saturated heterocycles. The maximum atomic E-state index is 13.2. The van der Waals surface area contributed by atoms with Gasteiger partial charge in [0.15, 0.2) is 0 Å². The lowest BCUT2D eigenvalue weighted by molar-refractivity contribution is -0.140. The van der Waals surface area contributed by atoms with Gasteiger partial charge in [0.05, 0.1) is 6.42 Å². The molecule has 0 aromatic heterocycles. The molecule has 0 spiro atoms. The number of benzene rings is 2. The van der Waals surface area contributed by atoms with Crippen molar-refractivity contribution in [3.63, 3.8) is 0 Å². The van der Waals surface area contributed by atoms with Crippen LogP contribution < -0.4 is 5.32 Å². The van der Waals surface area contributed by atoms with Crippen LogP contribution in [0.4, 0.5) is 0 Å². The van der Waals surface area contributed by atoms with Crippen molar-refractivity contribution in [1.29, 1.82) is 0 Å². The second kappa shape index (κ2) is 9.73. The zero-order chi connectivity index (χ0) is 20.8. The van der Waals surface area contributed by atoms with Gasteiger partial charge in [0.25, 0.3) is 0 Å². The quantitative estimate of drug-likeness (QED) is 0.763. The molecule has 4 nitrogen and oxygen atoms in total. The second-order valence-corrected chi connectivity index (χ2v) is 8.27. The summed E-state index contributed by atoms with van der Waals surface area (Å²) in [6.45, 7) is 6.40. The van der Waals surface area contributed by atoms with E-state index in [1.165, 1.54) is 24.0 Å². The highest BCUT2D eigenvalue weighted by atomic mass is 16.2. The van der Waals surface area contributed by atoms with Crippen molar-refractivity contribution in [2.45, 2.75) is 71.5 Å². The van der Waals surface area contributed by atoms with E-state index in [4.69, 9.17) is 0 Å². The Hall–Kier alpha value is -2.62. The molecule has 2 aromatic carbocycles. The standard InChI is InChI=1S/C25H32N2O2/c1-18-13-14-22(15-19(18)2)16-24(28)27(17-21-9-5-4-6-10-21)20(3)25(29)26-23-11-7-8-12-23/h4-6,9-10,13-15,20,23H,7-8,11-12,16-17H2,1-3H3,(H,26,29)/t20-/m0/s1. The van der Waals surface area contributed by atoms with E-state index >= 15 is 0 Å². The molecule has 1 aliphatic rings. The molecular formula is C25H32N2O2. The first kappa shape index (κ1) is 21.1. The molecular weight excluding hydrogens is 360 g/mol. The molecule has 0 aliphatic heterocycles. The van der Waals surface area contributed by atoms with Crippen molar-refractivity contribution in [3.8, 4) is 0 Å². The highest BCUT2D eigenvalue weighted by Gasteiger charge is 2.28. The van der Waals surface area contributed by atoms with Crippen LogP contribution >= 0.6 is 0 Å². The third-order valence-electron chi connectivity index (χ3n) is 5.99. The normalized spacial score (nSPS) is 15.1. The minimum absolute atomic E-state index is 0.0221. The van der Waals surface area contributed by atoms with Gasteiger partial charge < -0.3 is 10.2 Å². The fraction of sp³-hybridized carbons (Fsp3) is 0.440. The van der Waals surface area contributed by atoms with Crippen LogP contribution in [0.5, 0.6) is 0 Å². The zero-order valence-electron chi connectivity index (χ0n) is 17.8. The molecule has 154 valence electrons. The number of nitrogens with zero attached hydrogens (tertiary/aromatic N) is 1. The van der Waals surface area contributed by atoms with E-state index in [9.17, 15) is 9.59 Å². The van der Waals surface area contributed by atoms with E-state index in [2.05, 4.69) is 31.3 Å². The van der Waals surface area contributed by atoms with Gasteiger partial charge in [-0.05, 0) is 55.9 Å². The summed E-state index contributed by atoms with van der Waals surface area (Å²) >= 11 is 0. The minimum Gasteiger partial charge on any atom is -0.352 e. The van der Waals surface area contributed by atoms with Gasteiger partial charge in [0.2, 0.25) is 11.8 Å². The van der Waals surface area contributed by atoms with Gasteiger partial charge in [-0.2, -0.15) is 0 Å². The smallest absolute Gasteiger partial charge is 0.242 e. The van der Waals surface area contributed by atoms with E-state index in [-0.39, 0.29) is 17.9 Å². The molecule has 0 radical (unpaired) electrons. The lowest BCUT2D eigenvalue weighted by Gasteiger charge is -2.30. The Bertz CT molecular complexity index is 841. The maximum Gasteiger partial charge on any atom is 0.242 e. The SMILES string of the molecule is Cc1ccc(CC(=O)N(Cc2ccccc2)[C@@H](C)C(=O)NC2CCCC2)cc1C. The number of aryl methyl sites for hydroxylation is 2. The number of carbonyl (C=O) groups is 2. The summed E-state index contributed by atoms with van der Waals surface area (Å²) < 4.78 is 0. The van der Waals surface area contributed by atoms with Crippen molar-refractivity contribution >= 4 is 11.8 Å². The summed E-state index contributed by atoms with van der Waals surface area (Å²) in [5, 5.41) is 3.15. The molecule has 1 saturated carbocycles. The second-order valence-electron chi connectivity index (χ2n) is 8.27. The molecule has 1 fully saturated rings. The third kappa shape index (κ3) is 5.69. The Kier molecular flexibility index (Phi) is 7.08. The van der Waals surface area contributed by atoms with E-state index in [1.54, 1.807) is 4.90 Å². The monoisotopic (exact) mass is 392 g/mol. The number of amides is 2. The molecule has 0 heterocycles. The average Bonchev–Trinajstić information content (AvgIpc) is 3.22. The molecule has 3 rings (SSSR count). The molecule has 2 amide bonds. The van der Waals surface area contributed by atoms with Gasteiger partial charge in [0, 0.05) is 12.6 Å². The average molecular weight is 393 g/mol. The van der Waals surface area contributed by atoms with Gasteiger partial charge >= 0.3 is 0 Å². The van der Waals surface area contributed by atoms with Gasteiger partial charge in [-0.25, -0.2) is 0 Å². The molecule has 1 aliphatic carbocycles. The summed E-state index contributed by atoms with van der Waals surface area (Å²) in [6, 6.07) is 15.7. The minimum atomic E-state index is -0.505. The van der Waals surface area contributed by atoms with Crippen LogP contribution in [0.2, 0.25) is 0 Å². The van der Waals surface area contributed by atoms with Gasteiger partial charge in [-0.15, -0.1) is 0 Å². The topological polar surface area (TPSA) is 49.4 Å². The third-order valence-corrected chi connectivity index (χ3v) is 5.99. The van der Waals surface area contributed by atoms with Crippen molar-refractivity contribution in [3.05, 3.63) is 70.8 Å². The predicted molar refractivity (Wildman–Crippen MR) is 116 cm³/mol. The van der Waals surface area contributed by atoms with Crippen LogP contribution in [0.3, 0.4) is 0 Å². The summed E-state index contributed by atoms with van der Waals surface area (Å²) in [7, 11) is 0. The number of rotatable bonds is 7. The summed E-state index contributed by atoms with van der Waals surface area (Å²) in [6.07, 6.45) is 4.70. The van der Waals surface area contributed by atoms with Crippen molar-refractivity contribution in [1.82, 2.24) is 10.2 Å². The van der Waals surface area contributed by atoms with Crippen LogP contribution in [0, 0.1) is 13.8 Å². The van der Waals surface area contributed by atoms with Crippen LogP contribution in [0.15, 0.2) is 48.5 Å². The maximum absolute atomic E-state index is 13.2. The first-order valence-corrected chi connectivity index (χ1v) is 10.6. The van der Waals surface area contributed by atoms with Crippen LogP contribution in [-0.2, 0) is 22.6 Å². The zero-order valence-corrected chi connectivity index (χ0v) is 17.8. The lowest BCUT2D eigenvalue weighted by Crippen LogP contribution is -2.50. The Labute approximate surface area is 174 Å². The Morgan fingerprint density at radius 1 is 1.00 bits per heavy atom. The van der Waals surface area contributed by atoms with Crippen molar-refractivity contribution in [2.24, 2.45) is 0 Å². The Balaban J connectivity index is 1.76. The highest BCUT2D eigenvalue weighted by Crippen LogP contribution is 2.19. The van der Waals surface area contributed by atoms with E-state index in [1.807, 2.05) is 43.3 Å². The number of carbonyl (C=O) groups excluding carboxylic acids is 2. The van der Waals surface area contributed by atoms with Gasteiger partial charge in [0.1, 0.15) is 6.04 Å². The molecule has 29 heavy (non-hydrogen) atoms. The van der Waals surface area contributed by atoms with E-state index in [0.717, 1.165) is 24.0 Å². The molecule has 0 unspecified atom stereocenters. The van der Waals surface area contributed by atoms with Gasteiger partial charge in [-0.1, -0.05) is 61.4 Å². The lowest BCUT2D eigenvalue weighted by atomic mass is 10.0. The summed E-state index contributed by atoms with van der Waals surface area (Å²) in [5.74, 6) is -0.0764. The molecule has 4 heteroatoms. The largest absolute Gasteiger partial charge is 0.352 e. The fourth-order valence-electron chi connectivity index (χ4n) is 3.94. The van der Waals surface area contributed by atoms with Crippen LogP contribution in [-0.4, -0.2) is 28.8 Å². The van der Waals surface area contributed by atoms with Crippen molar-refractivity contribution in [2.75, 3.05) is 0 Å². The summed E-state index contributed by atoms with van der Waals surface area (Å²) in [5.41, 5.74) is 4.41. The predicted octanol–water partition coefficient (Wildman–Crippen LogP) is 4.32. The molecule has 0 bridgehead atoms. The molecule has 2 aromatic rings. The molecule has 1 N–H and O–H groups in total. The fourth-order valence-corrected chi connectivity index (χ4v) is 3.94. The van der Waals surface area contributed by atoms with Gasteiger partial charge in [-0.3, -0.25) is 9.59 Å². The Morgan fingerprint density at radius 3 is 2.34 bits per heavy atom. The highest BCUT2D eigenvalue weighted by molar-refractivity contribution is 5.88. The summed E-state index contributed by atoms with van der Waals surface area (Å²) in [4.78, 5) is 27.8. The number of nitrogens with one attached hydrogen (secondary N) is 1. The Morgan fingerprint density at radius 2 is 1.69 bits per heavy atom. The first-order valence-electron chi connectivity index (χ1n) is 10.6. The van der Waals surface area contributed by atoms with Crippen LogP contribution in [0.25, 0.3) is 0 Å². The number of hydrogen-bond acceptors (Lipinski definition) is 2. The van der Waals surface area contributed by atoms with Crippen molar-refractivity contribution < 1.29 is 9.59 Å². The number of hydrogen-bond donors (Lipinski definition) is 1.